The lowest BCUT2D eigenvalue weighted by atomic mass is 9.80. The first-order chi connectivity index (χ1) is 10.3. The van der Waals surface area contributed by atoms with Gasteiger partial charge in [-0.25, -0.2) is 0 Å². The summed E-state index contributed by atoms with van der Waals surface area (Å²) in [6.45, 7) is 0. The molecular weight excluding hydrogens is 296 g/mol. The van der Waals surface area contributed by atoms with Crippen LogP contribution in [0.2, 0.25) is 0 Å². The molecule has 0 saturated heterocycles. The van der Waals surface area contributed by atoms with Crippen molar-refractivity contribution in [3.8, 4) is 0 Å². The molecule has 1 aliphatic carbocycles. The fourth-order valence-electron chi connectivity index (χ4n) is 3.05. The quantitative estimate of drug-likeness (QED) is 0.739. The summed E-state index contributed by atoms with van der Waals surface area (Å²) in [5.41, 5.74) is 3.62. The zero-order chi connectivity index (χ0) is 14.2. The van der Waals surface area contributed by atoms with Crippen molar-refractivity contribution in [3.05, 3.63) is 56.8 Å². The standard InChI is InChI=1S/C18H18OS2/c19-18(17-10-15-11-20-9-8-16(15)21-17)14-6-4-13(5-7-14)12-2-1-3-12/h4-7,10,12H,1-3,8-9,11H2. The van der Waals surface area contributed by atoms with Gasteiger partial charge in [-0.2, -0.15) is 11.8 Å². The van der Waals surface area contributed by atoms with Gasteiger partial charge >= 0.3 is 0 Å². The Hall–Kier alpha value is -1.06. The van der Waals surface area contributed by atoms with Crippen molar-refractivity contribution in [1.29, 1.82) is 0 Å². The van der Waals surface area contributed by atoms with Crippen LogP contribution >= 0.6 is 23.1 Å². The van der Waals surface area contributed by atoms with E-state index in [9.17, 15) is 4.79 Å². The van der Waals surface area contributed by atoms with E-state index in [4.69, 9.17) is 0 Å². The second-order valence-electron chi connectivity index (χ2n) is 5.94. The van der Waals surface area contributed by atoms with Crippen LogP contribution in [0.3, 0.4) is 0 Å². The molecule has 1 nitrogen and oxygen atoms in total. The van der Waals surface area contributed by atoms with E-state index in [-0.39, 0.29) is 5.78 Å². The Morgan fingerprint density at radius 3 is 2.62 bits per heavy atom. The number of carbonyl (C=O) groups is 1. The van der Waals surface area contributed by atoms with Gasteiger partial charge in [0, 0.05) is 16.2 Å². The van der Waals surface area contributed by atoms with E-state index in [0.29, 0.717) is 0 Å². The van der Waals surface area contributed by atoms with E-state index >= 15 is 0 Å². The summed E-state index contributed by atoms with van der Waals surface area (Å²) >= 11 is 3.67. The van der Waals surface area contributed by atoms with Crippen molar-refractivity contribution < 1.29 is 4.79 Å². The molecule has 108 valence electrons. The van der Waals surface area contributed by atoms with Crippen LogP contribution < -0.4 is 0 Å². The molecule has 0 radical (unpaired) electrons. The Morgan fingerprint density at radius 2 is 1.95 bits per heavy atom. The summed E-state index contributed by atoms with van der Waals surface area (Å²) < 4.78 is 0. The Morgan fingerprint density at radius 1 is 1.14 bits per heavy atom. The highest BCUT2D eigenvalue weighted by molar-refractivity contribution is 7.98. The monoisotopic (exact) mass is 314 g/mol. The van der Waals surface area contributed by atoms with Crippen molar-refractivity contribution in [1.82, 2.24) is 0 Å². The Kier molecular flexibility index (Phi) is 3.64. The number of thioether (sulfide) groups is 1. The SMILES string of the molecule is O=C(c1ccc(C2CCC2)cc1)c1cc2c(s1)CCSC2. The van der Waals surface area contributed by atoms with Gasteiger partial charge in [-0.1, -0.05) is 30.7 Å². The number of carbonyl (C=O) groups excluding carboxylic acids is 1. The number of ketones is 1. The molecule has 1 saturated carbocycles. The Labute approximate surface area is 133 Å². The van der Waals surface area contributed by atoms with Crippen LogP contribution in [0.4, 0.5) is 0 Å². The van der Waals surface area contributed by atoms with Crippen molar-refractivity contribution in [3.63, 3.8) is 0 Å². The van der Waals surface area contributed by atoms with Crippen molar-refractivity contribution in [2.45, 2.75) is 37.4 Å². The predicted octanol–water partition coefficient (Wildman–Crippen LogP) is 5.04. The first kappa shape index (κ1) is 13.6. The van der Waals surface area contributed by atoms with Crippen LogP contribution in [0.25, 0.3) is 0 Å². The van der Waals surface area contributed by atoms with E-state index in [1.54, 1.807) is 11.3 Å². The van der Waals surface area contributed by atoms with E-state index in [2.05, 4.69) is 18.2 Å². The Balaban J connectivity index is 1.57. The fourth-order valence-corrected chi connectivity index (χ4v) is 5.38. The van der Waals surface area contributed by atoms with Crippen LogP contribution in [0.5, 0.6) is 0 Å². The number of benzene rings is 1. The van der Waals surface area contributed by atoms with Crippen molar-refractivity contribution in [2.24, 2.45) is 0 Å². The maximum atomic E-state index is 12.6. The maximum Gasteiger partial charge on any atom is 0.202 e. The van der Waals surface area contributed by atoms with Gasteiger partial charge in [-0.15, -0.1) is 11.3 Å². The molecule has 0 N–H and O–H groups in total. The maximum absolute atomic E-state index is 12.6. The van der Waals surface area contributed by atoms with Gasteiger partial charge in [0.25, 0.3) is 0 Å². The van der Waals surface area contributed by atoms with Gasteiger partial charge in [0.2, 0.25) is 5.78 Å². The molecule has 0 bridgehead atoms. The van der Waals surface area contributed by atoms with Crippen LogP contribution in [0, 0.1) is 0 Å². The number of hydrogen-bond donors (Lipinski definition) is 0. The minimum atomic E-state index is 0.194. The average Bonchev–Trinajstić information content (AvgIpc) is 2.89. The lowest BCUT2D eigenvalue weighted by molar-refractivity contribution is 0.104. The second kappa shape index (κ2) is 5.62. The summed E-state index contributed by atoms with van der Waals surface area (Å²) in [4.78, 5) is 15.0. The van der Waals surface area contributed by atoms with E-state index in [1.165, 1.54) is 41.0 Å². The molecule has 2 heterocycles. The minimum Gasteiger partial charge on any atom is -0.288 e. The molecule has 1 aliphatic heterocycles. The molecule has 0 atom stereocenters. The van der Waals surface area contributed by atoms with Crippen molar-refractivity contribution >= 4 is 28.9 Å². The summed E-state index contributed by atoms with van der Waals surface area (Å²) in [6, 6.07) is 10.5. The Bertz CT molecular complexity index is 642. The number of rotatable bonds is 3. The van der Waals surface area contributed by atoms with Gasteiger partial charge in [-0.05, 0) is 48.1 Å². The molecule has 21 heavy (non-hydrogen) atoms. The van der Waals surface area contributed by atoms with Gasteiger partial charge < -0.3 is 0 Å². The molecule has 0 unspecified atom stereocenters. The molecule has 1 aromatic heterocycles. The largest absolute Gasteiger partial charge is 0.288 e. The van der Waals surface area contributed by atoms with Gasteiger partial charge in [0.15, 0.2) is 0 Å². The number of thiophene rings is 1. The molecular formula is C18H18OS2. The molecule has 4 rings (SSSR count). The predicted molar refractivity (Wildman–Crippen MR) is 90.7 cm³/mol. The third-order valence-corrected chi connectivity index (χ3v) is 6.84. The molecule has 2 aliphatic rings. The first-order valence-electron chi connectivity index (χ1n) is 7.65. The van der Waals surface area contributed by atoms with E-state index in [1.807, 2.05) is 23.9 Å². The van der Waals surface area contributed by atoms with Gasteiger partial charge in [-0.3, -0.25) is 4.79 Å². The molecule has 1 fully saturated rings. The zero-order valence-electron chi connectivity index (χ0n) is 11.9. The summed E-state index contributed by atoms with van der Waals surface area (Å²) in [5.74, 6) is 3.19. The van der Waals surface area contributed by atoms with Crippen LogP contribution in [-0.2, 0) is 12.2 Å². The highest BCUT2D eigenvalue weighted by Crippen LogP contribution is 2.37. The van der Waals surface area contributed by atoms with Gasteiger partial charge in [0.05, 0.1) is 4.88 Å². The molecule has 0 amide bonds. The second-order valence-corrected chi connectivity index (χ2v) is 8.18. The molecule has 2 aromatic rings. The van der Waals surface area contributed by atoms with Crippen LogP contribution in [0.1, 0.15) is 56.4 Å². The third-order valence-electron chi connectivity index (χ3n) is 4.60. The van der Waals surface area contributed by atoms with Gasteiger partial charge in [0.1, 0.15) is 0 Å². The number of fused-ring (bicyclic) bond motifs is 1. The highest BCUT2D eigenvalue weighted by atomic mass is 32.2. The molecule has 1 aromatic carbocycles. The number of hydrogen-bond acceptors (Lipinski definition) is 3. The van der Waals surface area contributed by atoms with Crippen LogP contribution in [0.15, 0.2) is 30.3 Å². The normalized spacial score (nSPS) is 18.1. The topological polar surface area (TPSA) is 17.1 Å². The lowest BCUT2D eigenvalue weighted by Gasteiger charge is -2.25. The van der Waals surface area contributed by atoms with E-state index < -0.39 is 0 Å². The highest BCUT2D eigenvalue weighted by Gasteiger charge is 2.21. The minimum absolute atomic E-state index is 0.194. The lowest BCUT2D eigenvalue weighted by Crippen LogP contribution is -2.09. The molecule has 3 heteroatoms. The number of aryl methyl sites for hydroxylation is 1. The average molecular weight is 314 g/mol. The first-order valence-corrected chi connectivity index (χ1v) is 9.62. The summed E-state index contributed by atoms with van der Waals surface area (Å²) in [7, 11) is 0. The zero-order valence-corrected chi connectivity index (χ0v) is 13.6. The van der Waals surface area contributed by atoms with E-state index in [0.717, 1.165) is 28.5 Å². The summed E-state index contributed by atoms with van der Waals surface area (Å²) in [5, 5.41) is 0. The van der Waals surface area contributed by atoms with Crippen LogP contribution in [-0.4, -0.2) is 11.5 Å². The summed E-state index contributed by atoms with van der Waals surface area (Å²) in [6.07, 6.45) is 5.09. The van der Waals surface area contributed by atoms with Crippen molar-refractivity contribution in [2.75, 3.05) is 5.75 Å². The smallest absolute Gasteiger partial charge is 0.202 e. The fraction of sp³-hybridized carbons (Fsp3) is 0.389. The third kappa shape index (κ3) is 2.58. The molecule has 0 spiro atoms.